The number of rotatable bonds is 5. The molecule has 0 bridgehead atoms. The minimum absolute atomic E-state index is 0.269. The molecule has 4 nitrogen and oxygen atoms in total. The molecule has 1 heterocycles. The fourth-order valence-corrected chi connectivity index (χ4v) is 3.09. The predicted octanol–water partition coefficient (Wildman–Crippen LogP) is 4.71. The summed E-state index contributed by atoms with van der Waals surface area (Å²) in [6.45, 7) is 5.48. The normalized spacial score (nSPS) is 13.4. The quantitative estimate of drug-likeness (QED) is 0.590. The average Bonchev–Trinajstić information content (AvgIpc) is 3.02. The summed E-state index contributed by atoms with van der Waals surface area (Å²) in [5, 5.41) is 21.5. The Morgan fingerprint density at radius 2 is 1.96 bits per heavy atom. The van der Waals surface area contributed by atoms with Gasteiger partial charge in [-0.3, -0.25) is 4.99 Å². The molecule has 0 aliphatic carbocycles. The molecular formula is C17H19F3N2O2S. The number of nitrogens with zero attached hydrogens (tertiary/aromatic N) is 2. The Morgan fingerprint density at radius 3 is 2.48 bits per heavy atom. The molecule has 2 aromatic rings. The molecule has 0 radical (unpaired) electrons. The minimum atomic E-state index is -5.23. The number of thiazole rings is 1. The van der Waals surface area contributed by atoms with Gasteiger partial charge in [-0.25, -0.2) is 4.98 Å². The lowest BCUT2D eigenvalue weighted by molar-refractivity contribution is -0.358. The van der Waals surface area contributed by atoms with Gasteiger partial charge in [-0.15, -0.1) is 11.3 Å². The van der Waals surface area contributed by atoms with Crippen LogP contribution in [0.15, 0.2) is 28.7 Å². The van der Waals surface area contributed by atoms with Crippen molar-refractivity contribution in [3.63, 3.8) is 0 Å². The van der Waals surface area contributed by atoms with Gasteiger partial charge in [0.25, 0.3) is 5.79 Å². The van der Waals surface area contributed by atoms with E-state index >= 15 is 0 Å². The van der Waals surface area contributed by atoms with Crippen molar-refractivity contribution in [3.05, 3.63) is 34.8 Å². The van der Waals surface area contributed by atoms with E-state index in [4.69, 9.17) is 0 Å². The lowest BCUT2D eigenvalue weighted by Gasteiger charge is -2.26. The van der Waals surface area contributed by atoms with Crippen LogP contribution in [0, 0.1) is 6.92 Å². The maximum absolute atomic E-state index is 13.1. The first-order valence-corrected chi connectivity index (χ1v) is 8.56. The molecule has 8 heteroatoms. The summed E-state index contributed by atoms with van der Waals surface area (Å²) in [6, 6.07) is 2.18. The van der Waals surface area contributed by atoms with Crippen molar-refractivity contribution < 1.29 is 23.4 Å². The van der Waals surface area contributed by atoms with Crippen LogP contribution in [0.25, 0.3) is 10.6 Å². The number of hydrogen-bond donors (Lipinski definition) is 2. The molecule has 0 fully saturated rings. The van der Waals surface area contributed by atoms with Gasteiger partial charge in [-0.2, -0.15) is 13.2 Å². The Kier molecular flexibility index (Phi) is 5.65. The van der Waals surface area contributed by atoms with Crippen LogP contribution < -0.4 is 0 Å². The Morgan fingerprint density at radius 1 is 1.28 bits per heavy atom. The molecule has 136 valence electrons. The van der Waals surface area contributed by atoms with Gasteiger partial charge in [-0.1, -0.05) is 13.3 Å². The zero-order valence-electron chi connectivity index (χ0n) is 14.1. The van der Waals surface area contributed by atoms with Crippen molar-refractivity contribution in [2.75, 3.05) is 0 Å². The Bertz CT molecular complexity index is 769. The maximum Gasteiger partial charge on any atom is 0.447 e. The van der Waals surface area contributed by atoms with Crippen LogP contribution in [-0.2, 0) is 5.79 Å². The summed E-state index contributed by atoms with van der Waals surface area (Å²) in [6.07, 6.45) is -2.16. The molecule has 25 heavy (non-hydrogen) atoms. The van der Waals surface area contributed by atoms with Crippen molar-refractivity contribution in [2.24, 2.45) is 4.99 Å². The molecule has 1 aromatic heterocycles. The molecule has 1 aromatic carbocycles. The van der Waals surface area contributed by atoms with E-state index in [1.807, 2.05) is 6.92 Å². The first-order chi connectivity index (χ1) is 11.6. The standard InChI is InChI=1S/C17H19F3N2O2S/c1-4-5-10(2)22-14-9-12(16(23,24)17(18,19)20)8-13(11(14)3)15-21-6-7-25-15/h6-9,23-24H,4-5H2,1-3H3/b22-10-. The van der Waals surface area contributed by atoms with Gasteiger partial charge in [0.2, 0.25) is 0 Å². The van der Waals surface area contributed by atoms with E-state index in [1.54, 1.807) is 19.2 Å². The SMILES string of the molecule is CCC/C(C)=N\c1cc(C(O)(O)C(F)(F)F)cc(-c2nccs2)c1C. The smallest absolute Gasteiger partial charge is 0.355 e. The largest absolute Gasteiger partial charge is 0.447 e. The highest BCUT2D eigenvalue weighted by Gasteiger charge is 2.54. The molecule has 0 unspecified atom stereocenters. The van der Waals surface area contributed by atoms with Crippen LogP contribution in [-0.4, -0.2) is 27.1 Å². The number of aromatic nitrogens is 1. The van der Waals surface area contributed by atoms with Crippen LogP contribution in [0.3, 0.4) is 0 Å². The summed E-state index contributed by atoms with van der Waals surface area (Å²) < 4.78 is 39.2. The Hall–Kier alpha value is -1.77. The van der Waals surface area contributed by atoms with E-state index in [-0.39, 0.29) is 5.69 Å². The number of halogens is 3. The summed E-state index contributed by atoms with van der Waals surface area (Å²) in [4.78, 5) is 8.49. The first-order valence-electron chi connectivity index (χ1n) is 7.68. The van der Waals surface area contributed by atoms with Gasteiger partial charge in [0.05, 0.1) is 5.69 Å². The fourth-order valence-electron chi connectivity index (χ4n) is 2.38. The number of benzene rings is 1. The van der Waals surface area contributed by atoms with Gasteiger partial charge in [-0.05, 0) is 38.0 Å². The van der Waals surface area contributed by atoms with E-state index in [2.05, 4.69) is 9.98 Å². The highest BCUT2D eigenvalue weighted by molar-refractivity contribution is 7.13. The van der Waals surface area contributed by atoms with Crippen molar-refractivity contribution in [3.8, 4) is 10.6 Å². The molecular weight excluding hydrogens is 353 g/mol. The number of hydrogen-bond acceptors (Lipinski definition) is 5. The average molecular weight is 372 g/mol. The zero-order chi connectivity index (χ0) is 18.8. The number of aliphatic hydroxyl groups is 2. The van der Waals surface area contributed by atoms with Crippen LogP contribution >= 0.6 is 11.3 Å². The van der Waals surface area contributed by atoms with E-state index < -0.39 is 17.5 Å². The van der Waals surface area contributed by atoms with Crippen molar-refractivity contribution in [1.29, 1.82) is 0 Å². The van der Waals surface area contributed by atoms with E-state index in [0.29, 0.717) is 22.6 Å². The van der Waals surface area contributed by atoms with Crippen LogP contribution in [0.1, 0.15) is 37.8 Å². The Balaban J connectivity index is 2.70. The second-order valence-corrected chi connectivity index (χ2v) is 6.67. The second kappa shape index (κ2) is 7.23. The molecule has 0 aliphatic heterocycles. The second-order valence-electron chi connectivity index (χ2n) is 5.77. The summed E-state index contributed by atoms with van der Waals surface area (Å²) >= 11 is 1.25. The lowest BCUT2D eigenvalue weighted by atomic mass is 9.97. The van der Waals surface area contributed by atoms with E-state index in [1.165, 1.54) is 17.5 Å². The summed E-state index contributed by atoms with van der Waals surface area (Å²) in [5.41, 5.74) is 1.37. The summed E-state index contributed by atoms with van der Waals surface area (Å²) in [5.74, 6) is -3.96. The molecule has 0 saturated heterocycles. The monoisotopic (exact) mass is 372 g/mol. The van der Waals surface area contributed by atoms with Crippen LogP contribution in [0.5, 0.6) is 0 Å². The minimum Gasteiger partial charge on any atom is -0.355 e. The predicted molar refractivity (Wildman–Crippen MR) is 92.1 cm³/mol. The van der Waals surface area contributed by atoms with Gasteiger partial charge >= 0.3 is 6.18 Å². The van der Waals surface area contributed by atoms with E-state index in [0.717, 1.165) is 24.3 Å². The molecule has 0 spiro atoms. The van der Waals surface area contributed by atoms with Crippen molar-refractivity contribution in [2.45, 2.75) is 45.6 Å². The molecule has 0 atom stereocenters. The molecule has 0 saturated carbocycles. The molecule has 0 amide bonds. The number of alkyl halides is 3. The van der Waals surface area contributed by atoms with Crippen LogP contribution in [0.2, 0.25) is 0 Å². The third-order valence-electron chi connectivity index (χ3n) is 3.76. The topological polar surface area (TPSA) is 65.7 Å². The molecule has 2 rings (SSSR count). The fraction of sp³-hybridized carbons (Fsp3) is 0.412. The van der Waals surface area contributed by atoms with Gasteiger partial charge in [0.1, 0.15) is 5.01 Å². The van der Waals surface area contributed by atoms with Crippen LogP contribution in [0.4, 0.5) is 18.9 Å². The van der Waals surface area contributed by atoms with Gasteiger partial charge in [0, 0.05) is 28.4 Å². The molecule has 2 N–H and O–H groups in total. The van der Waals surface area contributed by atoms with Gasteiger partial charge < -0.3 is 10.2 Å². The van der Waals surface area contributed by atoms with Crippen molar-refractivity contribution in [1.82, 2.24) is 4.98 Å². The summed E-state index contributed by atoms with van der Waals surface area (Å²) in [7, 11) is 0. The Labute approximate surface area is 147 Å². The first kappa shape index (κ1) is 19.6. The third kappa shape index (κ3) is 4.08. The van der Waals surface area contributed by atoms with E-state index in [9.17, 15) is 23.4 Å². The maximum atomic E-state index is 13.1. The zero-order valence-corrected chi connectivity index (χ0v) is 14.9. The third-order valence-corrected chi connectivity index (χ3v) is 4.57. The highest BCUT2D eigenvalue weighted by Crippen LogP contribution is 2.41. The van der Waals surface area contributed by atoms with Gasteiger partial charge in [0.15, 0.2) is 0 Å². The van der Waals surface area contributed by atoms with Crippen molar-refractivity contribution >= 4 is 22.7 Å². The lowest BCUT2D eigenvalue weighted by Crippen LogP contribution is -2.42. The molecule has 0 aliphatic rings. The number of aliphatic imine (C=N–C) groups is 1. The highest BCUT2D eigenvalue weighted by atomic mass is 32.1.